The monoisotopic (exact) mass is 289 g/mol. The van der Waals surface area contributed by atoms with Crippen LogP contribution >= 0.6 is 0 Å². The molecule has 0 aliphatic heterocycles. The first-order valence-electron chi connectivity index (χ1n) is 7.87. The standard InChI is InChI=1S/C17H27N3O/c1-20(2)12-13-8-6-7-11-16(13)19-17(21)14-9-4-3-5-10-15(14)18/h6-8,11,14-15H,3-5,9-10,12,18H2,1-2H3,(H,19,21). The number of hydrogen-bond acceptors (Lipinski definition) is 3. The molecule has 4 nitrogen and oxygen atoms in total. The minimum atomic E-state index is -0.0556. The lowest BCUT2D eigenvalue weighted by Crippen LogP contribution is -2.38. The summed E-state index contributed by atoms with van der Waals surface area (Å²) in [5, 5.41) is 3.10. The molecule has 1 amide bonds. The number of carbonyl (C=O) groups excluding carboxylic acids is 1. The topological polar surface area (TPSA) is 58.4 Å². The maximum atomic E-state index is 12.6. The number of anilines is 1. The summed E-state index contributed by atoms with van der Waals surface area (Å²) in [5.74, 6) is 0.0236. The minimum absolute atomic E-state index is 0.00601. The van der Waals surface area contributed by atoms with Crippen molar-refractivity contribution in [2.45, 2.75) is 44.7 Å². The molecule has 1 aliphatic rings. The number of amides is 1. The molecule has 2 atom stereocenters. The van der Waals surface area contributed by atoms with E-state index in [1.807, 2.05) is 32.3 Å². The average Bonchev–Trinajstić information content (AvgIpc) is 2.65. The first-order valence-corrected chi connectivity index (χ1v) is 7.87. The number of carbonyl (C=O) groups is 1. The SMILES string of the molecule is CN(C)Cc1ccccc1NC(=O)C1CCCCCC1N. The highest BCUT2D eigenvalue weighted by molar-refractivity contribution is 5.93. The molecular formula is C17H27N3O. The van der Waals surface area contributed by atoms with E-state index in [1.54, 1.807) is 0 Å². The van der Waals surface area contributed by atoms with Crippen LogP contribution in [0.1, 0.15) is 37.7 Å². The van der Waals surface area contributed by atoms with Gasteiger partial charge in [-0.1, -0.05) is 37.5 Å². The fraction of sp³-hybridized carbons (Fsp3) is 0.588. The summed E-state index contributed by atoms with van der Waals surface area (Å²) in [5.41, 5.74) is 8.23. The molecule has 1 aromatic carbocycles. The fourth-order valence-electron chi connectivity index (χ4n) is 3.01. The molecule has 4 heteroatoms. The molecule has 1 fully saturated rings. The molecule has 0 spiro atoms. The quantitative estimate of drug-likeness (QED) is 0.838. The highest BCUT2D eigenvalue weighted by atomic mass is 16.1. The summed E-state index contributed by atoms with van der Waals surface area (Å²) in [7, 11) is 4.06. The van der Waals surface area contributed by atoms with Gasteiger partial charge in [-0.25, -0.2) is 0 Å². The second-order valence-corrected chi connectivity index (χ2v) is 6.29. The van der Waals surface area contributed by atoms with Gasteiger partial charge >= 0.3 is 0 Å². The Morgan fingerprint density at radius 2 is 1.95 bits per heavy atom. The largest absolute Gasteiger partial charge is 0.327 e. The van der Waals surface area contributed by atoms with Gasteiger partial charge in [0.1, 0.15) is 0 Å². The van der Waals surface area contributed by atoms with Gasteiger partial charge < -0.3 is 16.0 Å². The van der Waals surface area contributed by atoms with E-state index < -0.39 is 0 Å². The molecule has 1 aromatic rings. The second-order valence-electron chi connectivity index (χ2n) is 6.29. The van der Waals surface area contributed by atoms with Crippen molar-refractivity contribution >= 4 is 11.6 Å². The Balaban J connectivity index is 2.08. The van der Waals surface area contributed by atoms with Gasteiger partial charge in [0.2, 0.25) is 5.91 Å². The summed E-state index contributed by atoms with van der Waals surface area (Å²) < 4.78 is 0. The molecule has 0 bridgehead atoms. The van der Waals surface area contributed by atoms with E-state index >= 15 is 0 Å². The normalized spacial score (nSPS) is 22.9. The predicted molar refractivity (Wildman–Crippen MR) is 87.0 cm³/mol. The van der Waals surface area contributed by atoms with Crippen LogP contribution in [-0.2, 0) is 11.3 Å². The molecule has 2 unspecified atom stereocenters. The number of nitrogens with two attached hydrogens (primary N) is 1. The van der Waals surface area contributed by atoms with Crippen molar-refractivity contribution in [1.29, 1.82) is 0 Å². The Hall–Kier alpha value is -1.39. The summed E-state index contributed by atoms with van der Waals surface area (Å²) in [6, 6.07) is 7.99. The zero-order valence-corrected chi connectivity index (χ0v) is 13.1. The van der Waals surface area contributed by atoms with E-state index in [9.17, 15) is 4.79 Å². The zero-order chi connectivity index (χ0) is 15.2. The third-order valence-corrected chi connectivity index (χ3v) is 4.17. The Kier molecular flexibility index (Phi) is 5.76. The van der Waals surface area contributed by atoms with Crippen LogP contribution in [-0.4, -0.2) is 30.9 Å². The number of para-hydroxylation sites is 1. The summed E-state index contributed by atoms with van der Waals surface area (Å²) in [4.78, 5) is 14.7. The maximum absolute atomic E-state index is 12.6. The first kappa shape index (κ1) is 16.0. The van der Waals surface area contributed by atoms with Crippen molar-refractivity contribution in [2.75, 3.05) is 19.4 Å². The van der Waals surface area contributed by atoms with Gasteiger partial charge in [0, 0.05) is 18.3 Å². The molecule has 0 heterocycles. The number of nitrogens with one attached hydrogen (secondary N) is 1. The van der Waals surface area contributed by atoms with Crippen molar-refractivity contribution in [3.05, 3.63) is 29.8 Å². The van der Waals surface area contributed by atoms with Crippen LogP contribution in [0.4, 0.5) is 5.69 Å². The highest BCUT2D eigenvalue weighted by Gasteiger charge is 2.27. The van der Waals surface area contributed by atoms with Crippen molar-refractivity contribution in [1.82, 2.24) is 4.90 Å². The third-order valence-electron chi connectivity index (χ3n) is 4.17. The van der Waals surface area contributed by atoms with Crippen LogP contribution < -0.4 is 11.1 Å². The Labute approximate surface area is 127 Å². The lowest BCUT2D eigenvalue weighted by Gasteiger charge is -2.22. The smallest absolute Gasteiger partial charge is 0.229 e. The zero-order valence-electron chi connectivity index (χ0n) is 13.1. The fourth-order valence-corrected chi connectivity index (χ4v) is 3.01. The third kappa shape index (κ3) is 4.55. The van der Waals surface area contributed by atoms with Crippen LogP contribution in [0, 0.1) is 5.92 Å². The molecule has 21 heavy (non-hydrogen) atoms. The van der Waals surface area contributed by atoms with E-state index in [1.165, 1.54) is 6.42 Å². The Morgan fingerprint density at radius 3 is 2.71 bits per heavy atom. The Morgan fingerprint density at radius 1 is 1.24 bits per heavy atom. The van der Waals surface area contributed by atoms with Crippen LogP contribution in [0.2, 0.25) is 0 Å². The molecule has 3 N–H and O–H groups in total. The van der Waals surface area contributed by atoms with Gasteiger partial charge in [-0.2, -0.15) is 0 Å². The van der Waals surface area contributed by atoms with E-state index in [4.69, 9.17) is 5.73 Å². The molecule has 0 aromatic heterocycles. The van der Waals surface area contributed by atoms with Crippen molar-refractivity contribution in [3.8, 4) is 0 Å². The second kappa shape index (κ2) is 7.57. The number of benzene rings is 1. The average molecular weight is 289 g/mol. The molecule has 1 saturated carbocycles. The van der Waals surface area contributed by atoms with E-state index in [-0.39, 0.29) is 17.9 Å². The summed E-state index contributed by atoms with van der Waals surface area (Å²) >= 11 is 0. The van der Waals surface area contributed by atoms with E-state index in [2.05, 4.69) is 16.3 Å². The minimum Gasteiger partial charge on any atom is -0.327 e. The van der Waals surface area contributed by atoms with Crippen molar-refractivity contribution in [2.24, 2.45) is 11.7 Å². The molecule has 116 valence electrons. The van der Waals surface area contributed by atoms with Gasteiger partial charge in [0.25, 0.3) is 0 Å². The summed E-state index contributed by atoms with van der Waals surface area (Å²) in [6.45, 7) is 0.813. The predicted octanol–water partition coefficient (Wildman–Crippen LogP) is 2.59. The lowest BCUT2D eigenvalue weighted by molar-refractivity contribution is -0.120. The molecular weight excluding hydrogens is 262 g/mol. The molecule has 0 saturated heterocycles. The van der Waals surface area contributed by atoms with Gasteiger partial charge in [0.05, 0.1) is 5.92 Å². The number of hydrogen-bond donors (Lipinski definition) is 2. The molecule has 2 rings (SSSR count). The Bertz CT molecular complexity index is 473. The van der Waals surface area contributed by atoms with Crippen LogP contribution in [0.15, 0.2) is 24.3 Å². The van der Waals surface area contributed by atoms with Crippen LogP contribution in [0.25, 0.3) is 0 Å². The summed E-state index contributed by atoms with van der Waals surface area (Å²) in [6.07, 6.45) is 5.29. The van der Waals surface area contributed by atoms with Crippen LogP contribution in [0.5, 0.6) is 0 Å². The van der Waals surface area contributed by atoms with Crippen LogP contribution in [0.3, 0.4) is 0 Å². The van der Waals surface area contributed by atoms with Gasteiger partial charge in [0.15, 0.2) is 0 Å². The van der Waals surface area contributed by atoms with Crippen molar-refractivity contribution < 1.29 is 4.79 Å². The lowest BCUT2D eigenvalue weighted by atomic mass is 9.94. The van der Waals surface area contributed by atoms with Gasteiger partial charge in [-0.05, 0) is 38.6 Å². The molecule has 1 aliphatic carbocycles. The maximum Gasteiger partial charge on any atom is 0.229 e. The van der Waals surface area contributed by atoms with E-state index in [0.29, 0.717) is 0 Å². The van der Waals surface area contributed by atoms with E-state index in [0.717, 1.165) is 43.5 Å². The molecule has 0 radical (unpaired) electrons. The van der Waals surface area contributed by atoms with Crippen molar-refractivity contribution in [3.63, 3.8) is 0 Å². The number of nitrogens with zero attached hydrogens (tertiary/aromatic N) is 1. The van der Waals surface area contributed by atoms with Gasteiger partial charge in [-0.15, -0.1) is 0 Å². The first-order chi connectivity index (χ1) is 10.1. The van der Waals surface area contributed by atoms with Gasteiger partial charge in [-0.3, -0.25) is 4.79 Å². The number of rotatable bonds is 4. The highest BCUT2D eigenvalue weighted by Crippen LogP contribution is 2.24.